The molecule has 0 bridgehead atoms. The lowest BCUT2D eigenvalue weighted by Crippen LogP contribution is -2.50. The smallest absolute Gasteiger partial charge is 0.219 e. The molecule has 2 rings (SSSR count). The van der Waals surface area contributed by atoms with Crippen LogP contribution in [0.3, 0.4) is 0 Å². The van der Waals surface area contributed by atoms with Crippen molar-refractivity contribution in [2.75, 3.05) is 46.4 Å². The lowest BCUT2D eigenvalue weighted by molar-refractivity contribution is -0.130. The third-order valence-electron chi connectivity index (χ3n) is 4.05. The van der Waals surface area contributed by atoms with E-state index >= 15 is 0 Å². The van der Waals surface area contributed by atoms with Crippen molar-refractivity contribution in [1.82, 2.24) is 9.80 Å². The monoisotopic (exact) mass is 322 g/mol. The van der Waals surface area contributed by atoms with Crippen LogP contribution in [-0.4, -0.2) is 73.4 Å². The fourth-order valence-corrected chi connectivity index (χ4v) is 2.72. The molecule has 0 spiro atoms. The third kappa shape index (κ3) is 5.49. The Labute approximate surface area is 137 Å². The molecule has 1 atom stereocenters. The minimum atomic E-state index is -0.534. The second-order valence-electron chi connectivity index (χ2n) is 5.79. The number of methoxy groups -OCH3 is 1. The van der Waals surface area contributed by atoms with Crippen LogP contribution >= 0.6 is 0 Å². The molecule has 1 fully saturated rings. The zero-order chi connectivity index (χ0) is 16.7. The van der Waals surface area contributed by atoms with E-state index in [9.17, 15) is 9.90 Å². The Hall–Kier alpha value is -1.63. The number of piperazine rings is 1. The summed E-state index contributed by atoms with van der Waals surface area (Å²) in [4.78, 5) is 15.3. The summed E-state index contributed by atoms with van der Waals surface area (Å²) in [5, 5.41) is 10.1. The fourth-order valence-electron chi connectivity index (χ4n) is 2.72. The lowest BCUT2D eigenvalue weighted by Gasteiger charge is -2.35. The first-order valence-corrected chi connectivity index (χ1v) is 7.95. The highest BCUT2D eigenvalue weighted by Crippen LogP contribution is 2.18. The number of hydrogen-bond donors (Lipinski definition) is 1. The molecule has 128 valence electrons. The third-order valence-corrected chi connectivity index (χ3v) is 4.05. The quantitative estimate of drug-likeness (QED) is 0.802. The van der Waals surface area contributed by atoms with Crippen LogP contribution in [0.25, 0.3) is 0 Å². The molecule has 23 heavy (non-hydrogen) atoms. The normalized spacial score (nSPS) is 17.1. The number of carbonyl (C=O) groups excluding carboxylic acids is 1. The van der Waals surface area contributed by atoms with Gasteiger partial charge in [-0.05, 0) is 6.07 Å². The minimum Gasteiger partial charge on any atom is -0.496 e. The van der Waals surface area contributed by atoms with Crippen molar-refractivity contribution < 1.29 is 19.4 Å². The summed E-state index contributed by atoms with van der Waals surface area (Å²) in [5.41, 5.74) is 0.970. The van der Waals surface area contributed by atoms with Crippen molar-refractivity contribution in [2.24, 2.45) is 0 Å². The van der Waals surface area contributed by atoms with Gasteiger partial charge in [0.05, 0.1) is 26.4 Å². The second-order valence-corrected chi connectivity index (χ2v) is 5.79. The van der Waals surface area contributed by atoms with Crippen LogP contribution in [0, 0.1) is 0 Å². The predicted octanol–water partition coefficient (Wildman–Crippen LogP) is 0.737. The summed E-state index contributed by atoms with van der Waals surface area (Å²) in [6, 6.07) is 7.69. The Balaban J connectivity index is 1.67. The summed E-state index contributed by atoms with van der Waals surface area (Å²) in [6.45, 7) is 5.90. The van der Waals surface area contributed by atoms with Crippen LogP contribution in [0.5, 0.6) is 5.75 Å². The summed E-state index contributed by atoms with van der Waals surface area (Å²) in [5.74, 6) is 0.910. The number of amides is 1. The van der Waals surface area contributed by atoms with Gasteiger partial charge < -0.3 is 19.5 Å². The topological polar surface area (TPSA) is 62.2 Å². The molecule has 1 aromatic carbocycles. The zero-order valence-electron chi connectivity index (χ0n) is 13.9. The molecule has 0 aromatic heterocycles. The van der Waals surface area contributed by atoms with Crippen molar-refractivity contribution in [1.29, 1.82) is 0 Å². The molecule has 1 heterocycles. The Bertz CT molecular complexity index is 501. The van der Waals surface area contributed by atoms with E-state index in [2.05, 4.69) is 4.90 Å². The standard InChI is InChI=1S/C17H26N2O4/c1-14(20)19-9-7-18(8-10-19)11-16(21)13-23-12-15-5-3-4-6-17(15)22-2/h3-6,16,21H,7-13H2,1-2H3. The van der Waals surface area contributed by atoms with Gasteiger partial charge in [-0.15, -0.1) is 0 Å². The van der Waals surface area contributed by atoms with Gasteiger partial charge in [0.15, 0.2) is 0 Å². The zero-order valence-corrected chi connectivity index (χ0v) is 13.9. The molecule has 6 heteroatoms. The largest absolute Gasteiger partial charge is 0.496 e. The van der Waals surface area contributed by atoms with Gasteiger partial charge in [0.2, 0.25) is 5.91 Å². The van der Waals surface area contributed by atoms with Gasteiger partial charge >= 0.3 is 0 Å². The number of hydrogen-bond acceptors (Lipinski definition) is 5. The van der Waals surface area contributed by atoms with Crippen molar-refractivity contribution in [3.63, 3.8) is 0 Å². The maximum Gasteiger partial charge on any atom is 0.219 e. The molecule has 0 aliphatic carbocycles. The van der Waals surface area contributed by atoms with Crippen LogP contribution in [-0.2, 0) is 16.1 Å². The molecule has 1 saturated heterocycles. The van der Waals surface area contributed by atoms with Crippen molar-refractivity contribution in [3.05, 3.63) is 29.8 Å². The number of ether oxygens (including phenoxy) is 2. The molecule has 1 aliphatic rings. The van der Waals surface area contributed by atoms with E-state index in [1.807, 2.05) is 29.2 Å². The van der Waals surface area contributed by atoms with Crippen LogP contribution in [0.1, 0.15) is 12.5 Å². The molecular weight excluding hydrogens is 296 g/mol. The maximum atomic E-state index is 11.3. The SMILES string of the molecule is COc1ccccc1COCC(O)CN1CCN(C(C)=O)CC1. The summed E-state index contributed by atoms with van der Waals surface area (Å²) >= 11 is 0. The van der Waals surface area contributed by atoms with Gasteiger partial charge in [-0.3, -0.25) is 9.69 Å². The maximum absolute atomic E-state index is 11.3. The highest BCUT2D eigenvalue weighted by molar-refractivity contribution is 5.73. The molecule has 1 aliphatic heterocycles. The van der Waals surface area contributed by atoms with E-state index < -0.39 is 6.10 Å². The highest BCUT2D eigenvalue weighted by Gasteiger charge is 2.20. The predicted molar refractivity (Wildman–Crippen MR) is 87.4 cm³/mol. The van der Waals surface area contributed by atoms with Gasteiger partial charge in [0.1, 0.15) is 5.75 Å². The van der Waals surface area contributed by atoms with Gasteiger partial charge in [-0.25, -0.2) is 0 Å². The average molecular weight is 322 g/mol. The highest BCUT2D eigenvalue weighted by atomic mass is 16.5. The van der Waals surface area contributed by atoms with E-state index in [4.69, 9.17) is 9.47 Å². The Morgan fingerprint density at radius 1 is 1.26 bits per heavy atom. The van der Waals surface area contributed by atoms with Crippen molar-refractivity contribution >= 4 is 5.91 Å². The number of para-hydroxylation sites is 1. The minimum absolute atomic E-state index is 0.116. The fraction of sp³-hybridized carbons (Fsp3) is 0.588. The van der Waals surface area contributed by atoms with Gasteiger partial charge in [0, 0.05) is 45.2 Å². The van der Waals surface area contributed by atoms with E-state index in [1.165, 1.54) is 0 Å². The number of carbonyl (C=O) groups is 1. The van der Waals surface area contributed by atoms with Crippen molar-refractivity contribution in [2.45, 2.75) is 19.6 Å². The van der Waals surface area contributed by atoms with Crippen LogP contribution in [0.15, 0.2) is 24.3 Å². The molecular formula is C17H26N2O4. The van der Waals surface area contributed by atoms with E-state index in [1.54, 1.807) is 14.0 Å². The first-order valence-electron chi connectivity index (χ1n) is 7.95. The molecule has 1 unspecified atom stereocenters. The molecule has 1 N–H and O–H groups in total. The van der Waals surface area contributed by atoms with E-state index in [0.717, 1.165) is 37.5 Å². The first kappa shape index (κ1) is 17.7. The van der Waals surface area contributed by atoms with Crippen LogP contribution in [0.4, 0.5) is 0 Å². The summed E-state index contributed by atoms with van der Waals surface area (Å²) in [6.07, 6.45) is -0.534. The van der Waals surface area contributed by atoms with Crippen LogP contribution < -0.4 is 4.74 Å². The van der Waals surface area contributed by atoms with Gasteiger partial charge in [-0.1, -0.05) is 18.2 Å². The number of β-amino-alcohol motifs (C(OH)–C–C–N with tert-alkyl or cyclic N) is 1. The second kappa shape index (κ2) is 8.86. The Morgan fingerprint density at radius 2 is 1.96 bits per heavy atom. The van der Waals surface area contributed by atoms with E-state index in [-0.39, 0.29) is 12.5 Å². The average Bonchev–Trinajstić information content (AvgIpc) is 2.55. The number of aliphatic hydroxyl groups is 1. The number of benzene rings is 1. The molecule has 0 radical (unpaired) electrons. The summed E-state index contributed by atoms with van der Waals surface area (Å²) in [7, 11) is 1.63. The Morgan fingerprint density at radius 3 is 2.61 bits per heavy atom. The molecule has 6 nitrogen and oxygen atoms in total. The van der Waals surface area contributed by atoms with Gasteiger partial charge in [-0.2, -0.15) is 0 Å². The Kier molecular flexibility index (Phi) is 6.83. The molecule has 0 saturated carbocycles. The molecule has 1 amide bonds. The number of rotatable bonds is 7. The van der Waals surface area contributed by atoms with Crippen LogP contribution in [0.2, 0.25) is 0 Å². The number of nitrogens with zero attached hydrogens (tertiary/aromatic N) is 2. The summed E-state index contributed by atoms with van der Waals surface area (Å²) < 4.78 is 10.9. The lowest BCUT2D eigenvalue weighted by atomic mass is 10.2. The van der Waals surface area contributed by atoms with Gasteiger partial charge in [0.25, 0.3) is 0 Å². The molecule has 1 aromatic rings. The van der Waals surface area contributed by atoms with Crippen molar-refractivity contribution in [3.8, 4) is 5.75 Å². The number of aliphatic hydroxyl groups excluding tert-OH is 1. The van der Waals surface area contributed by atoms with E-state index in [0.29, 0.717) is 13.2 Å². The first-order chi connectivity index (χ1) is 11.1.